The van der Waals surface area contributed by atoms with E-state index in [4.69, 9.17) is 0 Å². The maximum atomic E-state index is 14.2. The highest BCUT2D eigenvalue weighted by Crippen LogP contribution is 2.30. The van der Waals surface area contributed by atoms with Crippen LogP contribution in [-0.4, -0.2) is 55.0 Å². The van der Waals surface area contributed by atoms with E-state index in [1.807, 2.05) is 0 Å². The van der Waals surface area contributed by atoms with Gasteiger partial charge in [-0.15, -0.1) is 0 Å². The molecule has 1 N–H and O–H groups in total. The van der Waals surface area contributed by atoms with Gasteiger partial charge in [0.15, 0.2) is 0 Å². The molecule has 3 rings (SSSR count). The van der Waals surface area contributed by atoms with Crippen molar-refractivity contribution in [2.45, 2.75) is 10.9 Å². The van der Waals surface area contributed by atoms with Gasteiger partial charge < -0.3 is 14.6 Å². The molecule has 140 valence electrons. The summed E-state index contributed by atoms with van der Waals surface area (Å²) in [5.41, 5.74) is -0.591. The summed E-state index contributed by atoms with van der Waals surface area (Å²) in [6.07, 6.45) is 3.30. The van der Waals surface area contributed by atoms with Gasteiger partial charge in [0.05, 0.1) is 18.0 Å². The standard InChI is InChI=1S/C16H19FN4O4S/c1-20-8-7-19-15(20)12-10-18-6-9-21(12)26(23,24)13-5-3-4-11(17)14(13)16(22)25-2/h3-5,7-8,12,18H,6,9-10H2,1-2H3. The van der Waals surface area contributed by atoms with Crippen LogP contribution >= 0.6 is 0 Å². The molecule has 2 heterocycles. The number of nitrogens with one attached hydrogen (secondary N) is 1. The molecule has 1 aromatic heterocycles. The minimum absolute atomic E-state index is 0.164. The van der Waals surface area contributed by atoms with E-state index in [0.29, 0.717) is 18.9 Å². The van der Waals surface area contributed by atoms with Crippen LogP contribution in [0.2, 0.25) is 0 Å². The highest BCUT2D eigenvalue weighted by atomic mass is 32.2. The van der Waals surface area contributed by atoms with Crippen molar-refractivity contribution in [3.63, 3.8) is 0 Å². The molecule has 0 saturated carbocycles. The first-order valence-electron chi connectivity index (χ1n) is 7.94. The largest absolute Gasteiger partial charge is 0.465 e. The Bertz CT molecular complexity index is 928. The van der Waals surface area contributed by atoms with Gasteiger partial charge in [-0.05, 0) is 12.1 Å². The molecule has 1 unspecified atom stereocenters. The minimum Gasteiger partial charge on any atom is -0.465 e. The number of piperazine rings is 1. The zero-order chi connectivity index (χ0) is 18.9. The average Bonchev–Trinajstić information content (AvgIpc) is 3.06. The van der Waals surface area contributed by atoms with Crippen LogP contribution < -0.4 is 5.32 Å². The van der Waals surface area contributed by atoms with Crippen molar-refractivity contribution in [1.29, 1.82) is 0 Å². The Morgan fingerprint density at radius 1 is 1.42 bits per heavy atom. The summed E-state index contributed by atoms with van der Waals surface area (Å²) in [5.74, 6) is -1.43. The molecule has 1 aliphatic rings. The lowest BCUT2D eigenvalue weighted by Gasteiger charge is -2.35. The lowest BCUT2D eigenvalue weighted by Crippen LogP contribution is -2.49. The summed E-state index contributed by atoms with van der Waals surface area (Å²) in [6, 6.07) is 2.91. The average molecular weight is 382 g/mol. The quantitative estimate of drug-likeness (QED) is 0.782. The third kappa shape index (κ3) is 3.11. The first-order chi connectivity index (χ1) is 12.4. The topological polar surface area (TPSA) is 93.5 Å². The number of halogens is 1. The molecular formula is C16H19FN4O4S. The number of sulfonamides is 1. The number of esters is 1. The molecule has 1 atom stereocenters. The molecule has 10 heteroatoms. The molecule has 0 radical (unpaired) electrons. The van der Waals surface area contributed by atoms with E-state index in [9.17, 15) is 17.6 Å². The maximum absolute atomic E-state index is 14.2. The van der Waals surface area contributed by atoms with Crippen LogP contribution in [0.4, 0.5) is 4.39 Å². The van der Waals surface area contributed by atoms with E-state index in [0.717, 1.165) is 13.2 Å². The van der Waals surface area contributed by atoms with Crippen LogP contribution in [-0.2, 0) is 21.8 Å². The van der Waals surface area contributed by atoms with Crippen LogP contribution in [0.25, 0.3) is 0 Å². The Balaban J connectivity index is 2.11. The van der Waals surface area contributed by atoms with Gasteiger partial charge in [0.2, 0.25) is 10.0 Å². The second kappa shape index (κ2) is 7.14. The first-order valence-corrected chi connectivity index (χ1v) is 9.38. The number of aromatic nitrogens is 2. The molecule has 1 aliphatic heterocycles. The molecule has 0 spiro atoms. The molecule has 2 aromatic rings. The predicted molar refractivity (Wildman–Crippen MR) is 90.5 cm³/mol. The number of aryl methyl sites for hydroxylation is 1. The summed E-state index contributed by atoms with van der Waals surface area (Å²) < 4.78 is 48.3. The lowest BCUT2D eigenvalue weighted by atomic mass is 10.2. The first kappa shape index (κ1) is 18.5. The van der Waals surface area contributed by atoms with Crippen molar-refractivity contribution >= 4 is 16.0 Å². The van der Waals surface area contributed by atoms with Gasteiger partial charge in [0.25, 0.3) is 0 Å². The summed E-state index contributed by atoms with van der Waals surface area (Å²) in [6.45, 7) is 0.951. The van der Waals surface area contributed by atoms with Gasteiger partial charge in [0, 0.05) is 39.1 Å². The summed E-state index contributed by atoms with van der Waals surface area (Å²) in [7, 11) is -1.32. The predicted octanol–water partition coefficient (Wildman–Crippen LogP) is 0.681. The van der Waals surface area contributed by atoms with Crippen LogP contribution in [0.1, 0.15) is 22.2 Å². The molecular weight excluding hydrogens is 363 g/mol. The fourth-order valence-electron chi connectivity index (χ4n) is 3.04. The maximum Gasteiger partial charge on any atom is 0.342 e. The number of benzene rings is 1. The molecule has 1 saturated heterocycles. The number of imidazole rings is 1. The number of carbonyl (C=O) groups is 1. The van der Waals surface area contributed by atoms with E-state index in [2.05, 4.69) is 15.0 Å². The fourth-order valence-corrected chi connectivity index (χ4v) is 4.81. The highest BCUT2D eigenvalue weighted by molar-refractivity contribution is 7.89. The van der Waals surface area contributed by atoms with Crippen LogP contribution in [0.15, 0.2) is 35.5 Å². The monoisotopic (exact) mass is 382 g/mol. The van der Waals surface area contributed by atoms with Crippen molar-refractivity contribution in [3.05, 3.63) is 47.8 Å². The number of nitrogens with zero attached hydrogens (tertiary/aromatic N) is 3. The van der Waals surface area contributed by atoms with Gasteiger partial charge in [-0.3, -0.25) is 0 Å². The Kier molecular flexibility index (Phi) is 5.08. The molecule has 26 heavy (non-hydrogen) atoms. The van der Waals surface area contributed by atoms with Gasteiger partial charge >= 0.3 is 5.97 Å². The van der Waals surface area contributed by atoms with Crippen LogP contribution in [0.5, 0.6) is 0 Å². The van der Waals surface area contributed by atoms with Gasteiger partial charge in [0.1, 0.15) is 17.2 Å². The molecule has 1 aromatic carbocycles. The molecule has 0 bridgehead atoms. The fraction of sp³-hybridized carbons (Fsp3) is 0.375. The van der Waals surface area contributed by atoms with Crippen molar-refractivity contribution < 1.29 is 22.3 Å². The van der Waals surface area contributed by atoms with E-state index in [1.165, 1.54) is 16.4 Å². The summed E-state index contributed by atoms with van der Waals surface area (Å²) in [4.78, 5) is 15.8. The van der Waals surface area contributed by atoms with Gasteiger partial charge in [-0.1, -0.05) is 6.07 Å². The zero-order valence-electron chi connectivity index (χ0n) is 14.3. The van der Waals surface area contributed by atoms with Crippen molar-refractivity contribution in [2.24, 2.45) is 7.05 Å². The number of ether oxygens (including phenoxy) is 1. The van der Waals surface area contributed by atoms with E-state index in [1.54, 1.807) is 24.0 Å². The molecule has 8 nitrogen and oxygen atoms in total. The highest BCUT2D eigenvalue weighted by Gasteiger charge is 2.39. The second-order valence-electron chi connectivity index (χ2n) is 5.84. The Hall–Kier alpha value is -2.30. The summed E-state index contributed by atoms with van der Waals surface area (Å²) in [5, 5.41) is 3.14. The van der Waals surface area contributed by atoms with Crippen molar-refractivity contribution in [1.82, 2.24) is 19.2 Å². The van der Waals surface area contributed by atoms with Gasteiger partial charge in [-0.2, -0.15) is 4.31 Å². The van der Waals surface area contributed by atoms with Crippen molar-refractivity contribution in [2.75, 3.05) is 26.7 Å². The number of rotatable bonds is 4. The molecule has 0 aliphatic carbocycles. The Morgan fingerprint density at radius 2 is 2.19 bits per heavy atom. The van der Waals surface area contributed by atoms with E-state index >= 15 is 0 Å². The van der Waals surface area contributed by atoms with Gasteiger partial charge in [-0.25, -0.2) is 22.6 Å². The van der Waals surface area contributed by atoms with Crippen molar-refractivity contribution in [3.8, 4) is 0 Å². The number of hydrogen-bond donors (Lipinski definition) is 1. The third-order valence-electron chi connectivity index (χ3n) is 4.30. The summed E-state index contributed by atoms with van der Waals surface area (Å²) >= 11 is 0. The second-order valence-corrected chi connectivity index (χ2v) is 7.70. The lowest BCUT2D eigenvalue weighted by molar-refractivity contribution is 0.0590. The number of carbonyl (C=O) groups excluding carboxylic acids is 1. The smallest absolute Gasteiger partial charge is 0.342 e. The minimum atomic E-state index is -4.16. The number of hydrogen-bond acceptors (Lipinski definition) is 6. The zero-order valence-corrected chi connectivity index (χ0v) is 15.2. The van der Waals surface area contributed by atoms with E-state index < -0.39 is 38.3 Å². The SMILES string of the molecule is COC(=O)c1c(F)cccc1S(=O)(=O)N1CCNCC1c1nccn1C. The number of methoxy groups -OCH3 is 1. The Morgan fingerprint density at radius 3 is 2.85 bits per heavy atom. The molecule has 1 fully saturated rings. The van der Waals surface area contributed by atoms with E-state index in [-0.39, 0.29) is 6.54 Å². The molecule has 0 amide bonds. The third-order valence-corrected chi connectivity index (χ3v) is 6.25. The van der Waals surface area contributed by atoms with Crippen LogP contribution in [0, 0.1) is 5.82 Å². The normalized spacial score (nSPS) is 18.7. The van der Waals surface area contributed by atoms with Crippen LogP contribution in [0.3, 0.4) is 0 Å². The Labute approximate surface area is 150 Å².